The van der Waals surface area contributed by atoms with Crippen molar-refractivity contribution < 1.29 is 19.4 Å². The Kier molecular flexibility index (Phi) is 4.48. The molecule has 0 unspecified atom stereocenters. The van der Waals surface area contributed by atoms with E-state index in [0.717, 1.165) is 29.4 Å². The zero-order chi connectivity index (χ0) is 21.8. The number of aromatic carboxylic acids is 1. The molecule has 1 aliphatic heterocycles. The molecule has 1 amide bonds. The SMILES string of the molecule is C[C@@H](c1cccc2c(-c3cccnc3)c(C(=O)O)[nH]c12)N1CC2(CC(CN)C2)OC1=O. The molecule has 4 N–H and O–H groups in total. The van der Waals surface area contributed by atoms with Crippen LogP contribution in [0.3, 0.4) is 0 Å². The Morgan fingerprint density at radius 1 is 1.39 bits per heavy atom. The second-order valence-corrected chi connectivity index (χ2v) is 8.56. The number of hydrogen-bond donors (Lipinski definition) is 3. The highest BCUT2D eigenvalue weighted by Crippen LogP contribution is 2.47. The van der Waals surface area contributed by atoms with Gasteiger partial charge in [0.05, 0.1) is 18.1 Å². The third-order valence-corrected chi connectivity index (χ3v) is 6.60. The molecule has 5 rings (SSSR count). The van der Waals surface area contributed by atoms with Crippen molar-refractivity contribution >= 4 is 23.0 Å². The molecule has 3 aromatic rings. The number of pyridine rings is 1. The number of aromatic amines is 1. The number of H-pyrrole nitrogens is 1. The Bertz CT molecular complexity index is 1170. The summed E-state index contributed by atoms with van der Waals surface area (Å²) >= 11 is 0. The molecule has 1 saturated carbocycles. The number of nitrogens with one attached hydrogen (secondary N) is 1. The van der Waals surface area contributed by atoms with Crippen LogP contribution in [0.25, 0.3) is 22.0 Å². The number of para-hydroxylation sites is 1. The minimum Gasteiger partial charge on any atom is -0.477 e. The summed E-state index contributed by atoms with van der Waals surface area (Å²) in [6.07, 6.45) is 4.55. The molecular weight excluding hydrogens is 396 g/mol. The number of carbonyl (C=O) groups excluding carboxylic acids is 1. The van der Waals surface area contributed by atoms with E-state index >= 15 is 0 Å². The van der Waals surface area contributed by atoms with Crippen LogP contribution in [0.2, 0.25) is 0 Å². The van der Waals surface area contributed by atoms with Crippen molar-refractivity contribution in [2.75, 3.05) is 13.1 Å². The fourth-order valence-corrected chi connectivity index (χ4v) is 5.04. The molecule has 0 bridgehead atoms. The van der Waals surface area contributed by atoms with Crippen LogP contribution >= 0.6 is 0 Å². The van der Waals surface area contributed by atoms with E-state index in [9.17, 15) is 14.7 Å². The van der Waals surface area contributed by atoms with Crippen LogP contribution < -0.4 is 5.73 Å². The number of hydrogen-bond acceptors (Lipinski definition) is 5. The highest BCUT2D eigenvalue weighted by atomic mass is 16.6. The smallest absolute Gasteiger partial charge is 0.411 e. The van der Waals surface area contributed by atoms with Gasteiger partial charge in [0.15, 0.2) is 0 Å². The van der Waals surface area contributed by atoms with E-state index < -0.39 is 11.6 Å². The van der Waals surface area contributed by atoms with Gasteiger partial charge < -0.3 is 20.6 Å². The lowest BCUT2D eigenvalue weighted by Gasteiger charge is -2.42. The maximum Gasteiger partial charge on any atom is 0.411 e. The summed E-state index contributed by atoms with van der Waals surface area (Å²) in [4.78, 5) is 33.6. The molecule has 2 aromatic heterocycles. The number of fused-ring (bicyclic) bond motifs is 1. The summed E-state index contributed by atoms with van der Waals surface area (Å²) in [6.45, 7) is 3.06. The van der Waals surface area contributed by atoms with Gasteiger partial charge in [-0.2, -0.15) is 0 Å². The number of nitrogens with two attached hydrogens (primary N) is 1. The number of rotatable bonds is 5. The number of carbonyl (C=O) groups is 2. The lowest BCUT2D eigenvalue weighted by Crippen LogP contribution is -2.49. The highest BCUT2D eigenvalue weighted by Gasteiger charge is 2.54. The molecule has 8 nitrogen and oxygen atoms in total. The first-order valence-electron chi connectivity index (χ1n) is 10.4. The van der Waals surface area contributed by atoms with Gasteiger partial charge in [-0.1, -0.05) is 24.3 Å². The Labute approximate surface area is 179 Å². The third-order valence-electron chi connectivity index (χ3n) is 6.60. The number of ether oxygens (including phenoxy) is 1. The summed E-state index contributed by atoms with van der Waals surface area (Å²) < 4.78 is 5.74. The van der Waals surface area contributed by atoms with Crippen LogP contribution in [0.15, 0.2) is 42.7 Å². The molecule has 1 atom stereocenters. The Hall–Kier alpha value is -3.39. The standard InChI is InChI=1S/C23H24N4O4/c1-13(27-12-23(31-22(27)30)8-14(9-23)10-24)16-5-2-6-17-18(15-4-3-7-25-11-15)20(21(28)29)26-19(16)17/h2-7,11,13-14,26H,8-10,12,24H2,1H3,(H,28,29)/t13-,14?,23?/m0/s1. The van der Waals surface area contributed by atoms with Crippen molar-refractivity contribution in [3.63, 3.8) is 0 Å². The lowest BCUT2D eigenvalue weighted by atomic mass is 9.71. The van der Waals surface area contributed by atoms with Crippen LogP contribution in [-0.4, -0.2) is 50.7 Å². The van der Waals surface area contributed by atoms with Crippen molar-refractivity contribution in [1.29, 1.82) is 0 Å². The van der Waals surface area contributed by atoms with E-state index in [4.69, 9.17) is 10.5 Å². The predicted octanol–water partition coefficient (Wildman–Crippen LogP) is 3.55. The van der Waals surface area contributed by atoms with Crippen molar-refractivity contribution in [3.8, 4) is 11.1 Å². The van der Waals surface area contributed by atoms with Crippen LogP contribution in [0.1, 0.15) is 41.9 Å². The minimum absolute atomic E-state index is 0.105. The first kappa shape index (κ1) is 19.6. The molecule has 0 radical (unpaired) electrons. The molecule has 31 heavy (non-hydrogen) atoms. The van der Waals surface area contributed by atoms with E-state index in [2.05, 4.69) is 9.97 Å². The largest absolute Gasteiger partial charge is 0.477 e. The van der Waals surface area contributed by atoms with Gasteiger partial charge in [-0.3, -0.25) is 9.88 Å². The number of benzene rings is 1. The molecule has 1 aromatic carbocycles. The molecule has 1 saturated heterocycles. The number of aromatic nitrogens is 2. The first-order valence-corrected chi connectivity index (χ1v) is 10.4. The van der Waals surface area contributed by atoms with Gasteiger partial charge in [0, 0.05) is 28.9 Å². The summed E-state index contributed by atoms with van der Waals surface area (Å²) in [7, 11) is 0. The quantitative estimate of drug-likeness (QED) is 0.580. The highest BCUT2D eigenvalue weighted by molar-refractivity contribution is 6.08. The van der Waals surface area contributed by atoms with Crippen molar-refractivity contribution in [3.05, 3.63) is 54.0 Å². The number of nitrogens with zero attached hydrogens (tertiary/aromatic N) is 2. The lowest BCUT2D eigenvalue weighted by molar-refractivity contribution is -0.0439. The Morgan fingerprint density at radius 3 is 2.87 bits per heavy atom. The van der Waals surface area contributed by atoms with Crippen molar-refractivity contribution in [2.24, 2.45) is 11.7 Å². The molecular formula is C23H24N4O4. The number of carboxylic acids is 1. The topological polar surface area (TPSA) is 122 Å². The van der Waals surface area contributed by atoms with Crippen LogP contribution in [0, 0.1) is 5.92 Å². The van der Waals surface area contributed by atoms with E-state index in [1.807, 2.05) is 31.2 Å². The average molecular weight is 420 g/mol. The monoisotopic (exact) mass is 420 g/mol. The predicted molar refractivity (Wildman–Crippen MR) is 115 cm³/mol. The second-order valence-electron chi connectivity index (χ2n) is 8.56. The average Bonchev–Trinajstić information content (AvgIpc) is 3.31. The van der Waals surface area contributed by atoms with Gasteiger partial charge in [-0.05, 0) is 43.9 Å². The second kappa shape index (κ2) is 7.09. The summed E-state index contributed by atoms with van der Waals surface area (Å²) in [6, 6.07) is 9.03. The fraction of sp³-hybridized carbons (Fsp3) is 0.348. The molecule has 3 heterocycles. The molecule has 2 aliphatic rings. The molecule has 2 fully saturated rings. The summed E-state index contributed by atoms with van der Waals surface area (Å²) in [5.41, 5.74) is 8.27. The normalized spacial score (nSPS) is 23.7. The Balaban J connectivity index is 1.55. The molecule has 1 aliphatic carbocycles. The van der Waals surface area contributed by atoms with Gasteiger partial charge >= 0.3 is 12.1 Å². The zero-order valence-electron chi connectivity index (χ0n) is 17.2. The van der Waals surface area contributed by atoms with E-state index in [1.54, 1.807) is 23.4 Å². The first-order chi connectivity index (χ1) is 14.9. The van der Waals surface area contributed by atoms with Crippen molar-refractivity contribution in [1.82, 2.24) is 14.9 Å². The molecule has 1 spiro atoms. The van der Waals surface area contributed by atoms with Gasteiger partial charge in [0.1, 0.15) is 11.3 Å². The minimum atomic E-state index is -1.05. The summed E-state index contributed by atoms with van der Waals surface area (Å²) in [5, 5.41) is 10.6. The van der Waals surface area contributed by atoms with E-state index in [1.165, 1.54) is 0 Å². The van der Waals surface area contributed by atoms with Gasteiger partial charge in [0.25, 0.3) is 0 Å². The number of carboxylic acid groups (broad SMARTS) is 1. The van der Waals surface area contributed by atoms with Crippen LogP contribution in [0.5, 0.6) is 0 Å². The third kappa shape index (κ3) is 3.06. The number of amides is 1. The van der Waals surface area contributed by atoms with Gasteiger partial charge in [-0.15, -0.1) is 0 Å². The van der Waals surface area contributed by atoms with E-state index in [-0.39, 0.29) is 17.8 Å². The van der Waals surface area contributed by atoms with Gasteiger partial charge in [-0.25, -0.2) is 9.59 Å². The molecule has 160 valence electrons. The van der Waals surface area contributed by atoms with Crippen molar-refractivity contribution in [2.45, 2.75) is 31.4 Å². The fourth-order valence-electron chi connectivity index (χ4n) is 5.04. The van der Waals surface area contributed by atoms with Gasteiger partial charge in [0.2, 0.25) is 0 Å². The van der Waals surface area contributed by atoms with E-state index in [0.29, 0.717) is 30.1 Å². The maximum absolute atomic E-state index is 12.7. The zero-order valence-corrected chi connectivity index (χ0v) is 17.2. The maximum atomic E-state index is 12.7. The van der Waals surface area contributed by atoms with Crippen LogP contribution in [0.4, 0.5) is 4.79 Å². The summed E-state index contributed by atoms with van der Waals surface area (Å²) in [5.74, 6) is -0.648. The molecule has 8 heteroatoms. The van der Waals surface area contributed by atoms with Crippen LogP contribution in [-0.2, 0) is 4.74 Å². The Morgan fingerprint density at radius 2 is 2.19 bits per heavy atom.